The Labute approximate surface area is 729 Å². The lowest BCUT2D eigenvalue weighted by Gasteiger charge is -2.34. The van der Waals surface area contributed by atoms with E-state index in [4.69, 9.17) is 61.1 Å². The summed E-state index contributed by atoms with van der Waals surface area (Å²) in [7, 11) is 0. The van der Waals surface area contributed by atoms with Crippen molar-refractivity contribution >= 4 is 188 Å². The van der Waals surface area contributed by atoms with Gasteiger partial charge in [0.2, 0.25) is 0 Å². The maximum Gasteiger partial charge on any atom is 0.178 e. The first-order valence-corrected chi connectivity index (χ1v) is 45.6. The Hall–Kier alpha value is -9.31. The SMILES string of the molecule is C(SCC1CS1)C1CS1.Oc1ccc(C2(c3ccc(O)cc3)c3ccccc3-c3ccccc32)cc1.Oc1ccc2cc(C3(c4ccc5cc(O)ccc5c4)c4ccccc4-c4ccccc43)ccc2c1.Oc1ccc2ccccc2c1-c1c(O)ccc2ccccc12.S=c1[nH][nH]c(=S)s1.S=c1[nH]c(=S)[nH]c(=S)[nH]1.SCCSCCS. The quantitative estimate of drug-likeness (QED) is 0.0225. The summed E-state index contributed by atoms with van der Waals surface area (Å²) in [6, 6.07) is 96.3. The number of thioether (sulfide) groups is 4. The van der Waals surface area contributed by atoms with Gasteiger partial charge in [-0.15, -0.1) is 0 Å². The van der Waals surface area contributed by atoms with Crippen molar-refractivity contribution in [3.63, 3.8) is 0 Å². The van der Waals surface area contributed by atoms with Gasteiger partial charge in [0, 0.05) is 56.1 Å². The minimum Gasteiger partial charge on any atom is -0.508 e. The molecule has 584 valence electrons. The van der Waals surface area contributed by atoms with Gasteiger partial charge >= 0.3 is 0 Å². The van der Waals surface area contributed by atoms with Gasteiger partial charge in [0.25, 0.3) is 0 Å². The molecule has 4 aliphatic rings. The number of rotatable bonds is 13. The van der Waals surface area contributed by atoms with Crippen LogP contribution in [0.5, 0.6) is 34.5 Å². The fourth-order valence-electron chi connectivity index (χ4n) is 15.0. The molecule has 14 aromatic carbocycles. The number of aromatic hydroxyl groups is 6. The highest BCUT2D eigenvalue weighted by Gasteiger charge is 2.47. The van der Waals surface area contributed by atoms with Gasteiger partial charge in [-0.1, -0.05) is 230 Å². The van der Waals surface area contributed by atoms with Crippen molar-refractivity contribution in [1.29, 1.82) is 0 Å². The fourth-order valence-corrected chi connectivity index (χ4v) is 21.2. The van der Waals surface area contributed by atoms with Gasteiger partial charge < -0.3 is 45.6 Å². The molecule has 0 spiro atoms. The molecule has 2 unspecified atom stereocenters. The molecule has 11 nitrogen and oxygen atoms in total. The maximum atomic E-state index is 10.4. The number of H-pyrrole nitrogens is 5. The number of thiol groups is 2. The van der Waals surface area contributed by atoms with Crippen LogP contribution in [-0.2, 0) is 10.8 Å². The van der Waals surface area contributed by atoms with Crippen molar-refractivity contribution in [1.82, 2.24) is 25.1 Å². The summed E-state index contributed by atoms with van der Waals surface area (Å²) < 4.78 is 2.74. The van der Waals surface area contributed by atoms with Gasteiger partial charge in [-0.05, 0) is 255 Å². The van der Waals surface area contributed by atoms with Gasteiger partial charge in [-0.3, -0.25) is 10.2 Å². The van der Waals surface area contributed by atoms with Gasteiger partial charge in [-0.2, -0.15) is 72.3 Å². The minimum atomic E-state index is -0.495. The Morgan fingerprint density at radius 1 is 0.336 bits per heavy atom. The van der Waals surface area contributed by atoms with Crippen molar-refractivity contribution in [2.24, 2.45) is 0 Å². The van der Waals surface area contributed by atoms with E-state index < -0.39 is 10.8 Å². The summed E-state index contributed by atoms with van der Waals surface area (Å²) in [6.07, 6.45) is 0. The largest absolute Gasteiger partial charge is 0.508 e. The number of aromatic nitrogens is 5. The summed E-state index contributed by atoms with van der Waals surface area (Å²) in [5.41, 5.74) is 14.8. The second-order valence-corrected chi connectivity index (χ2v) is 36.9. The Kier molecular flexibility index (Phi) is 27.5. The summed E-state index contributed by atoms with van der Waals surface area (Å²) >= 11 is 41.3. The van der Waals surface area contributed by atoms with E-state index >= 15 is 0 Å². The van der Waals surface area contributed by atoms with E-state index in [1.165, 1.54) is 90.0 Å². The molecule has 116 heavy (non-hydrogen) atoms. The summed E-state index contributed by atoms with van der Waals surface area (Å²) in [5.74, 6) is 11.4. The van der Waals surface area contributed by atoms with Crippen molar-refractivity contribution in [2.45, 2.75) is 21.3 Å². The molecule has 11 N–H and O–H groups in total. The number of fused-ring (bicyclic) bond motifs is 10. The van der Waals surface area contributed by atoms with Crippen LogP contribution in [0.25, 0.3) is 76.5 Å². The molecule has 0 amide bonds. The van der Waals surface area contributed by atoms with Gasteiger partial charge in [-0.25, -0.2) is 0 Å². The van der Waals surface area contributed by atoms with E-state index in [0.717, 1.165) is 87.7 Å². The molecule has 23 heteroatoms. The molecule has 2 aliphatic heterocycles. The van der Waals surface area contributed by atoms with Crippen LogP contribution in [0.15, 0.2) is 291 Å². The van der Waals surface area contributed by atoms with Crippen molar-refractivity contribution in [3.05, 3.63) is 358 Å². The summed E-state index contributed by atoms with van der Waals surface area (Å²) in [6.45, 7) is 0. The smallest absolute Gasteiger partial charge is 0.178 e. The van der Waals surface area contributed by atoms with E-state index in [9.17, 15) is 30.6 Å². The van der Waals surface area contributed by atoms with Crippen LogP contribution in [-0.4, -0.2) is 112 Å². The van der Waals surface area contributed by atoms with Crippen LogP contribution in [0.4, 0.5) is 0 Å². The molecule has 2 fully saturated rings. The lowest BCUT2D eigenvalue weighted by molar-refractivity contribution is 0.470. The average Bonchev–Trinajstić information content (AvgIpc) is 1.54. The minimum absolute atomic E-state index is 0.172. The van der Waals surface area contributed by atoms with Crippen LogP contribution in [0.1, 0.15) is 44.5 Å². The van der Waals surface area contributed by atoms with Crippen LogP contribution in [0, 0.1) is 22.2 Å². The first kappa shape index (κ1) is 83.2. The average molecular weight is 1750 g/mol. The lowest BCUT2D eigenvalue weighted by atomic mass is 9.67. The Balaban J connectivity index is 0.000000122. The van der Waals surface area contributed by atoms with E-state index in [1.54, 1.807) is 48.5 Å². The lowest BCUT2D eigenvalue weighted by Crippen LogP contribution is -2.28. The standard InChI is InChI=1S/C33H22O2.C25H18O2.C20H14O2.C6H10S3.C4H10S3.C3H3N3S3.C2H2N2S3/c34-27-15-11-21-17-25(13-9-23(21)19-27)33(26-14-10-24-20-28(35)16-12-22(24)18-26)31-7-3-1-5-29(31)30-6-2-4-8-32(30)33;26-19-13-9-17(10-14-19)25(18-11-15-20(27)16-12-18)23-7-3-1-5-21(23)22-6-2-4-8-24(22)25;21-17-11-9-13-5-1-3-7-15(13)19(17)20-16-8-4-2-6-14(16)10-12-18(20)22;1(5-3-8-5)7-2-6-4-9-6;5-1-3-7-4-2-6;7-1-4-2(8)6-3(9)5-1;5-1-3-4-2(6)7-1/h1-20,34-35H;1-16,26-27H;1-12,21-22H;5-6H,1-4H2;5-6H,1-4H2;(H3,4,5,6,7,8,9);(H,3,5)(H,4,6). The monoisotopic (exact) mass is 1750 g/mol. The molecular formula is C93H79N5O6S12. The molecule has 2 saturated heterocycles. The van der Waals surface area contributed by atoms with E-state index in [0.29, 0.717) is 33.3 Å². The number of benzene rings is 14. The molecule has 0 saturated carbocycles. The van der Waals surface area contributed by atoms with E-state index in [-0.39, 0.29) is 34.5 Å². The topological polar surface area (TPSA) is 200 Å². The fraction of sp³-hybridized carbons (Fsp3) is 0.129. The zero-order valence-electron chi connectivity index (χ0n) is 62.2. The van der Waals surface area contributed by atoms with E-state index in [1.807, 2.05) is 121 Å². The van der Waals surface area contributed by atoms with Crippen molar-refractivity contribution in [3.8, 4) is 67.9 Å². The number of aromatic amines is 5. The van der Waals surface area contributed by atoms with Crippen molar-refractivity contribution < 1.29 is 30.6 Å². The first-order chi connectivity index (χ1) is 56.4. The Morgan fingerprint density at radius 2 is 0.638 bits per heavy atom. The van der Waals surface area contributed by atoms with Crippen LogP contribution < -0.4 is 0 Å². The van der Waals surface area contributed by atoms with Gasteiger partial charge in [0.1, 0.15) is 34.5 Å². The highest BCUT2D eigenvalue weighted by Crippen LogP contribution is 2.58. The van der Waals surface area contributed by atoms with Gasteiger partial charge in [0.05, 0.1) is 10.8 Å². The number of hydrogen-bond donors (Lipinski definition) is 13. The second kappa shape index (κ2) is 38.4. The highest BCUT2D eigenvalue weighted by molar-refractivity contribution is 8.10. The Morgan fingerprint density at radius 3 is 0.983 bits per heavy atom. The second-order valence-electron chi connectivity index (χ2n) is 27.4. The maximum absolute atomic E-state index is 10.4. The number of phenolic OH excluding ortho intramolecular Hbond substituents is 6. The third-order valence-corrected chi connectivity index (χ3v) is 27.7. The molecule has 20 rings (SSSR count). The molecule has 0 bridgehead atoms. The number of nitrogens with one attached hydrogen (secondary N) is 5. The van der Waals surface area contributed by atoms with E-state index in [2.05, 4.69) is 219 Å². The highest BCUT2D eigenvalue weighted by atomic mass is 32.2. The zero-order valence-corrected chi connectivity index (χ0v) is 72.1. The predicted octanol–water partition coefficient (Wildman–Crippen LogP) is 25.6. The van der Waals surface area contributed by atoms with Crippen LogP contribution in [0.3, 0.4) is 0 Å². The molecular weight excluding hydrogens is 1670 g/mol. The zero-order chi connectivity index (χ0) is 80.9. The molecule has 4 heterocycles. The predicted molar refractivity (Wildman–Crippen MR) is 511 cm³/mol. The molecule has 2 aromatic heterocycles. The van der Waals surface area contributed by atoms with Gasteiger partial charge in [0.15, 0.2) is 22.2 Å². The molecule has 2 aliphatic carbocycles. The van der Waals surface area contributed by atoms with Crippen LogP contribution >= 0.6 is 145 Å². The molecule has 0 radical (unpaired) electrons. The Bertz CT molecular complexity index is 6070. The summed E-state index contributed by atoms with van der Waals surface area (Å²) in [4.78, 5) is 7.99. The number of phenols is 6. The molecule has 2 atom stereocenters. The number of hydrogen-bond acceptors (Lipinski definition) is 18. The first-order valence-electron chi connectivity index (χ1n) is 37.1. The molecule has 16 aromatic rings. The van der Waals surface area contributed by atoms with Crippen molar-refractivity contribution in [2.75, 3.05) is 46.0 Å². The summed E-state index contributed by atoms with van der Waals surface area (Å²) in [5, 5.41) is 76.1. The van der Waals surface area contributed by atoms with Crippen LogP contribution in [0.2, 0.25) is 0 Å². The normalized spacial score (nSPS) is 14.3. The third-order valence-electron chi connectivity index (χ3n) is 20.1. The third kappa shape index (κ3) is 19.0.